The third-order valence-corrected chi connectivity index (χ3v) is 5.10. The van der Waals surface area contributed by atoms with Crippen LogP contribution in [0.25, 0.3) is 0 Å². The Hall–Kier alpha value is -3.67. The highest BCUT2D eigenvalue weighted by atomic mass is 19.1. The van der Waals surface area contributed by atoms with Crippen LogP contribution in [0.4, 0.5) is 14.9 Å². The highest BCUT2D eigenvalue weighted by molar-refractivity contribution is 5.97. The van der Waals surface area contributed by atoms with Crippen molar-refractivity contribution in [3.8, 4) is 0 Å². The Kier molecular flexibility index (Phi) is 5.75. The lowest BCUT2D eigenvalue weighted by Gasteiger charge is -2.35. The Balaban J connectivity index is 1.52. The SMILES string of the molecule is O=C(Nc1ccc(F)cc1)[C@H]1Cc2ccccc2CN1C(=O)OCc1ccccc1. The molecule has 3 aromatic rings. The van der Waals surface area contributed by atoms with Crippen molar-refractivity contribution in [1.82, 2.24) is 4.90 Å². The standard InChI is InChI=1S/C24H21FN2O3/c25-20-10-12-21(13-11-20)26-23(28)22-14-18-8-4-5-9-19(18)15-27(22)24(29)30-16-17-6-2-1-3-7-17/h1-13,22H,14-16H2,(H,26,28)/t22-/m1/s1. The Bertz CT molecular complexity index is 1040. The predicted octanol–water partition coefficient (Wildman–Crippen LogP) is 4.53. The van der Waals surface area contributed by atoms with Crippen molar-refractivity contribution in [1.29, 1.82) is 0 Å². The summed E-state index contributed by atoms with van der Waals surface area (Å²) in [5.74, 6) is -0.724. The lowest BCUT2D eigenvalue weighted by molar-refractivity contribution is -0.121. The molecule has 0 aromatic heterocycles. The van der Waals surface area contributed by atoms with Gasteiger partial charge in [0, 0.05) is 12.1 Å². The van der Waals surface area contributed by atoms with Gasteiger partial charge in [-0.25, -0.2) is 9.18 Å². The van der Waals surface area contributed by atoms with Crippen LogP contribution < -0.4 is 5.32 Å². The second-order valence-electron chi connectivity index (χ2n) is 7.15. The van der Waals surface area contributed by atoms with Gasteiger partial charge < -0.3 is 10.1 Å². The fraction of sp³-hybridized carbons (Fsp3) is 0.167. The van der Waals surface area contributed by atoms with Crippen molar-refractivity contribution in [3.05, 3.63) is 101 Å². The number of hydrogen-bond donors (Lipinski definition) is 1. The van der Waals surface area contributed by atoms with Gasteiger partial charge in [-0.15, -0.1) is 0 Å². The van der Waals surface area contributed by atoms with E-state index in [9.17, 15) is 14.0 Å². The Morgan fingerprint density at radius 3 is 2.33 bits per heavy atom. The first-order chi connectivity index (χ1) is 14.6. The minimum Gasteiger partial charge on any atom is -0.445 e. The second-order valence-corrected chi connectivity index (χ2v) is 7.15. The van der Waals surface area contributed by atoms with Gasteiger partial charge >= 0.3 is 6.09 Å². The number of carbonyl (C=O) groups is 2. The van der Waals surface area contributed by atoms with Crippen molar-refractivity contribution in [2.75, 3.05) is 5.32 Å². The molecular formula is C24H21FN2O3. The molecule has 0 fully saturated rings. The molecule has 1 heterocycles. The number of fused-ring (bicyclic) bond motifs is 1. The quantitative estimate of drug-likeness (QED) is 0.695. The molecule has 0 radical (unpaired) electrons. The van der Waals surface area contributed by atoms with Crippen LogP contribution in [0.5, 0.6) is 0 Å². The number of anilines is 1. The number of amides is 2. The van der Waals surface area contributed by atoms with Gasteiger partial charge in [0.15, 0.2) is 0 Å². The van der Waals surface area contributed by atoms with E-state index in [1.807, 2.05) is 54.6 Å². The fourth-order valence-corrected chi connectivity index (χ4v) is 3.51. The highest BCUT2D eigenvalue weighted by Crippen LogP contribution is 2.25. The van der Waals surface area contributed by atoms with Crippen LogP contribution >= 0.6 is 0 Å². The first-order valence-corrected chi connectivity index (χ1v) is 9.71. The zero-order chi connectivity index (χ0) is 20.9. The maximum absolute atomic E-state index is 13.2. The van der Waals surface area contributed by atoms with Crippen LogP contribution in [-0.2, 0) is 29.1 Å². The average molecular weight is 404 g/mol. The normalized spacial score (nSPS) is 15.2. The third-order valence-electron chi connectivity index (χ3n) is 5.10. The molecule has 6 heteroatoms. The first-order valence-electron chi connectivity index (χ1n) is 9.71. The molecule has 2 amide bonds. The van der Waals surface area contributed by atoms with E-state index < -0.39 is 12.1 Å². The van der Waals surface area contributed by atoms with Crippen molar-refractivity contribution >= 4 is 17.7 Å². The number of nitrogens with one attached hydrogen (secondary N) is 1. The maximum atomic E-state index is 13.2. The molecule has 3 aromatic carbocycles. The van der Waals surface area contributed by atoms with Crippen molar-refractivity contribution in [2.24, 2.45) is 0 Å². The lowest BCUT2D eigenvalue weighted by Crippen LogP contribution is -2.50. The van der Waals surface area contributed by atoms with Crippen molar-refractivity contribution < 1.29 is 18.7 Å². The van der Waals surface area contributed by atoms with Gasteiger partial charge in [0.25, 0.3) is 0 Å². The molecule has 1 atom stereocenters. The summed E-state index contributed by atoms with van der Waals surface area (Å²) in [5, 5.41) is 2.77. The molecule has 4 rings (SSSR count). The van der Waals surface area contributed by atoms with Crippen LogP contribution in [0, 0.1) is 5.82 Å². The molecule has 1 aliphatic heterocycles. The molecular weight excluding hydrogens is 383 g/mol. The summed E-state index contributed by atoms with van der Waals surface area (Å²) in [4.78, 5) is 27.3. The minimum atomic E-state index is -0.728. The van der Waals surface area contributed by atoms with E-state index in [4.69, 9.17) is 4.74 Å². The summed E-state index contributed by atoms with van der Waals surface area (Å²) >= 11 is 0. The highest BCUT2D eigenvalue weighted by Gasteiger charge is 2.35. The van der Waals surface area contributed by atoms with E-state index >= 15 is 0 Å². The van der Waals surface area contributed by atoms with Gasteiger partial charge in [0.2, 0.25) is 5.91 Å². The Morgan fingerprint density at radius 1 is 0.933 bits per heavy atom. The molecule has 30 heavy (non-hydrogen) atoms. The zero-order valence-corrected chi connectivity index (χ0v) is 16.3. The molecule has 0 aliphatic carbocycles. The molecule has 0 spiro atoms. The second kappa shape index (κ2) is 8.78. The van der Waals surface area contributed by atoms with Crippen LogP contribution in [-0.4, -0.2) is 22.9 Å². The van der Waals surface area contributed by atoms with Crippen LogP contribution in [0.3, 0.4) is 0 Å². The molecule has 5 nitrogen and oxygen atoms in total. The smallest absolute Gasteiger partial charge is 0.411 e. The summed E-state index contributed by atoms with van der Waals surface area (Å²) in [6.07, 6.45) is -0.170. The van der Waals surface area contributed by atoms with E-state index in [1.165, 1.54) is 29.2 Å². The summed E-state index contributed by atoms with van der Waals surface area (Å²) in [5.41, 5.74) is 3.34. The fourth-order valence-electron chi connectivity index (χ4n) is 3.51. The van der Waals surface area contributed by atoms with E-state index in [0.717, 1.165) is 16.7 Å². The number of ether oxygens (including phenoxy) is 1. The van der Waals surface area contributed by atoms with E-state index in [0.29, 0.717) is 12.1 Å². The number of halogens is 1. The molecule has 1 aliphatic rings. The largest absolute Gasteiger partial charge is 0.445 e. The molecule has 0 bridgehead atoms. The monoisotopic (exact) mass is 404 g/mol. The van der Waals surface area contributed by atoms with Gasteiger partial charge in [-0.1, -0.05) is 54.6 Å². The van der Waals surface area contributed by atoms with Crippen LogP contribution in [0.15, 0.2) is 78.9 Å². The number of rotatable bonds is 4. The average Bonchev–Trinajstić information content (AvgIpc) is 2.78. The van der Waals surface area contributed by atoms with Gasteiger partial charge in [0.1, 0.15) is 18.5 Å². The zero-order valence-electron chi connectivity index (χ0n) is 16.3. The number of benzene rings is 3. The summed E-state index contributed by atoms with van der Waals surface area (Å²) in [7, 11) is 0. The van der Waals surface area contributed by atoms with Crippen LogP contribution in [0.1, 0.15) is 16.7 Å². The first kappa shape index (κ1) is 19.6. The summed E-state index contributed by atoms with van der Waals surface area (Å²) in [6.45, 7) is 0.412. The number of nitrogens with zero attached hydrogens (tertiary/aromatic N) is 1. The molecule has 0 saturated heterocycles. The molecule has 152 valence electrons. The van der Waals surface area contributed by atoms with Gasteiger partial charge in [0.05, 0.1) is 6.54 Å². The van der Waals surface area contributed by atoms with Gasteiger partial charge in [-0.2, -0.15) is 0 Å². The van der Waals surface area contributed by atoms with Crippen LogP contribution in [0.2, 0.25) is 0 Å². The van der Waals surface area contributed by atoms with E-state index in [2.05, 4.69) is 5.32 Å². The van der Waals surface area contributed by atoms with Gasteiger partial charge in [-0.3, -0.25) is 9.69 Å². The predicted molar refractivity (Wildman–Crippen MR) is 111 cm³/mol. The minimum absolute atomic E-state index is 0.129. The maximum Gasteiger partial charge on any atom is 0.411 e. The summed E-state index contributed by atoms with van der Waals surface area (Å²) < 4.78 is 18.6. The van der Waals surface area contributed by atoms with E-state index in [1.54, 1.807) is 0 Å². The number of hydrogen-bond acceptors (Lipinski definition) is 3. The molecule has 0 unspecified atom stereocenters. The molecule has 0 saturated carbocycles. The molecule has 1 N–H and O–H groups in total. The summed E-state index contributed by atoms with van der Waals surface area (Å²) in [6, 6.07) is 21.9. The van der Waals surface area contributed by atoms with Crippen molar-refractivity contribution in [3.63, 3.8) is 0 Å². The van der Waals surface area contributed by atoms with Crippen molar-refractivity contribution in [2.45, 2.75) is 25.6 Å². The number of carbonyl (C=O) groups excluding carboxylic acids is 2. The Labute approximate surface area is 174 Å². The topological polar surface area (TPSA) is 58.6 Å². The van der Waals surface area contributed by atoms with Gasteiger partial charge in [-0.05, 0) is 41.0 Å². The third kappa shape index (κ3) is 4.49. The Morgan fingerprint density at radius 2 is 1.60 bits per heavy atom. The lowest BCUT2D eigenvalue weighted by atomic mass is 9.94. The van der Waals surface area contributed by atoms with E-state index in [-0.39, 0.29) is 24.9 Å².